The van der Waals surface area contributed by atoms with Gasteiger partial charge >= 0.3 is 5.97 Å². The third kappa shape index (κ3) is 3.65. The Kier molecular flexibility index (Phi) is 5.17. The van der Waals surface area contributed by atoms with Crippen molar-refractivity contribution >= 4 is 23.4 Å². The summed E-state index contributed by atoms with van der Waals surface area (Å²) in [4.78, 5) is 24.0. The fourth-order valence-electron chi connectivity index (χ4n) is 1.92. The molecule has 22 heavy (non-hydrogen) atoms. The topological polar surface area (TPSA) is 52.6 Å². The fourth-order valence-corrected chi connectivity index (χ4v) is 2.04. The Hall–Kier alpha value is -2.33. The van der Waals surface area contributed by atoms with Crippen LogP contribution in [-0.4, -0.2) is 25.0 Å². The van der Waals surface area contributed by atoms with Crippen molar-refractivity contribution in [1.29, 1.82) is 0 Å². The molecule has 4 nitrogen and oxygen atoms in total. The van der Waals surface area contributed by atoms with E-state index in [1.165, 1.54) is 7.11 Å². The summed E-state index contributed by atoms with van der Waals surface area (Å²) in [5, 5.41) is 0.556. The second-order valence-corrected chi connectivity index (χ2v) is 5.05. The molecule has 0 saturated carbocycles. The van der Waals surface area contributed by atoms with Crippen LogP contribution in [0.5, 0.6) is 5.75 Å². The van der Waals surface area contributed by atoms with Gasteiger partial charge in [0.2, 0.25) is 0 Å². The summed E-state index contributed by atoms with van der Waals surface area (Å²) in [7, 11) is 1.28. The zero-order chi connectivity index (χ0) is 16.1. The summed E-state index contributed by atoms with van der Waals surface area (Å²) in [6.45, 7) is 1.56. The second kappa shape index (κ2) is 7.09. The second-order valence-electron chi connectivity index (χ2n) is 4.62. The lowest BCUT2D eigenvalue weighted by atomic mass is 10.0. The summed E-state index contributed by atoms with van der Waals surface area (Å²) in [5.74, 6) is -0.376. The van der Waals surface area contributed by atoms with E-state index in [0.717, 1.165) is 0 Å². The van der Waals surface area contributed by atoms with Crippen LogP contribution in [0.1, 0.15) is 22.8 Å². The first-order valence-corrected chi connectivity index (χ1v) is 7.04. The smallest absolute Gasteiger partial charge is 0.346 e. The summed E-state index contributed by atoms with van der Waals surface area (Å²) < 4.78 is 10.2. The number of halogens is 1. The molecule has 1 atom stereocenters. The predicted molar refractivity (Wildman–Crippen MR) is 83.4 cm³/mol. The third-order valence-corrected chi connectivity index (χ3v) is 3.33. The van der Waals surface area contributed by atoms with E-state index in [2.05, 4.69) is 4.74 Å². The van der Waals surface area contributed by atoms with Gasteiger partial charge < -0.3 is 9.47 Å². The van der Waals surface area contributed by atoms with Gasteiger partial charge in [0.25, 0.3) is 0 Å². The van der Waals surface area contributed by atoms with Crippen LogP contribution in [0.15, 0.2) is 48.5 Å². The van der Waals surface area contributed by atoms with Gasteiger partial charge in [-0.25, -0.2) is 4.79 Å². The Balaban J connectivity index is 2.29. The molecule has 0 radical (unpaired) electrons. The van der Waals surface area contributed by atoms with Gasteiger partial charge in [-0.3, -0.25) is 4.79 Å². The van der Waals surface area contributed by atoms with Crippen molar-refractivity contribution in [3.63, 3.8) is 0 Å². The maximum atomic E-state index is 12.6. The van der Waals surface area contributed by atoms with Crippen LogP contribution in [0.4, 0.5) is 0 Å². The number of carbonyl (C=O) groups excluding carboxylic acids is 2. The summed E-state index contributed by atoms with van der Waals surface area (Å²) in [5.41, 5.74) is 0.867. The fraction of sp³-hybridized carbons (Fsp3) is 0.176. The predicted octanol–water partition coefficient (Wildman–Crippen LogP) is 3.51. The van der Waals surface area contributed by atoms with Crippen LogP contribution in [0, 0.1) is 0 Å². The number of ketones is 1. The number of para-hydroxylation sites is 1. The molecule has 2 rings (SSSR count). The minimum atomic E-state index is -0.802. The van der Waals surface area contributed by atoms with Crippen molar-refractivity contribution in [3.8, 4) is 5.75 Å². The molecule has 0 amide bonds. The maximum Gasteiger partial charge on any atom is 0.346 e. The highest BCUT2D eigenvalue weighted by Gasteiger charge is 2.19. The Labute approximate surface area is 133 Å². The molecule has 2 aromatic rings. The van der Waals surface area contributed by atoms with Crippen LogP contribution in [0.3, 0.4) is 0 Å². The third-order valence-electron chi connectivity index (χ3n) is 3.07. The van der Waals surface area contributed by atoms with Gasteiger partial charge in [0.15, 0.2) is 11.9 Å². The summed E-state index contributed by atoms with van der Waals surface area (Å²) in [6.07, 6.45) is -0.802. The van der Waals surface area contributed by atoms with E-state index in [4.69, 9.17) is 16.3 Å². The zero-order valence-electron chi connectivity index (χ0n) is 12.2. The highest BCUT2D eigenvalue weighted by Crippen LogP contribution is 2.23. The molecule has 5 heteroatoms. The van der Waals surface area contributed by atoms with E-state index in [-0.39, 0.29) is 5.78 Å². The Morgan fingerprint density at radius 2 is 1.68 bits per heavy atom. The molecule has 0 heterocycles. The molecule has 0 aliphatic carbocycles. The number of hydrogen-bond donors (Lipinski definition) is 0. The molecular formula is C17H15ClO4. The summed E-state index contributed by atoms with van der Waals surface area (Å²) in [6, 6.07) is 13.3. The van der Waals surface area contributed by atoms with Crippen molar-refractivity contribution in [3.05, 3.63) is 64.7 Å². The minimum absolute atomic E-state index is 0.204. The standard InChI is InChI=1S/C17H15ClO4/c1-11(17(20)21-2)22-15-6-4-3-5-14(15)16(19)12-7-9-13(18)10-8-12/h3-11H,1-2H3. The number of carbonyl (C=O) groups is 2. The van der Waals surface area contributed by atoms with Gasteiger partial charge in [0, 0.05) is 10.6 Å². The molecule has 0 saturated heterocycles. The molecule has 0 aromatic heterocycles. The van der Waals surface area contributed by atoms with Crippen molar-refractivity contribution < 1.29 is 19.1 Å². The lowest BCUT2D eigenvalue weighted by molar-refractivity contribution is -0.147. The van der Waals surface area contributed by atoms with Crippen molar-refractivity contribution in [1.82, 2.24) is 0 Å². The average Bonchev–Trinajstić information content (AvgIpc) is 2.54. The Morgan fingerprint density at radius 3 is 2.32 bits per heavy atom. The van der Waals surface area contributed by atoms with Crippen LogP contribution >= 0.6 is 11.6 Å². The Morgan fingerprint density at radius 1 is 1.05 bits per heavy atom. The molecule has 0 fully saturated rings. The highest BCUT2D eigenvalue weighted by atomic mass is 35.5. The Bertz CT molecular complexity index is 679. The largest absolute Gasteiger partial charge is 0.478 e. The maximum absolute atomic E-state index is 12.6. The number of ether oxygens (including phenoxy) is 2. The van der Waals surface area contributed by atoms with E-state index < -0.39 is 12.1 Å². The van der Waals surface area contributed by atoms with Gasteiger partial charge in [0.05, 0.1) is 12.7 Å². The molecular weight excluding hydrogens is 304 g/mol. The highest BCUT2D eigenvalue weighted by molar-refractivity contribution is 6.30. The molecule has 0 bridgehead atoms. The lowest BCUT2D eigenvalue weighted by Crippen LogP contribution is -2.25. The average molecular weight is 319 g/mol. The van der Waals surface area contributed by atoms with Crippen LogP contribution in [0.25, 0.3) is 0 Å². The van der Waals surface area contributed by atoms with Crippen LogP contribution in [0.2, 0.25) is 5.02 Å². The molecule has 0 spiro atoms. The van der Waals surface area contributed by atoms with Gasteiger partial charge in [-0.05, 0) is 43.3 Å². The van der Waals surface area contributed by atoms with Crippen molar-refractivity contribution in [2.24, 2.45) is 0 Å². The monoisotopic (exact) mass is 318 g/mol. The number of rotatable bonds is 5. The molecule has 2 aromatic carbocycles. The molecule has 0 aliphatic rings. The van der Waals surface area contributed by atoms with E-state index in [0.29, 0.717) is 21.9 Å². The summed E-state index contributed by atoms with van der Waals surface area (Å²) >= 11 is 5.83. The molecule has 114 valence electrons. The lowest BCUT2D eigenvalue weighted by Gasteiger charge is -2.15. The first kappa shape index (κ1) is 16.0. The normalized spacial score (nSPS) is 11.6. The number of hydrogen-bond acceptors (Lipinski definition) is 4. The molecule has 0 N–H and O–H groups in total. The minimum Gasteiger partial charge on any atom is -0.478 e. The van der Waals surface area contributed by atoms with Gasteiger partial charge in [-0.1, -0.05) is 23.7 Å². The number of methoxy groups -OCH3 is 1. The van der Waals surface area contributed by atoms with Gasteiger partial charge in [0.1, 0.15) is 5.75 Å². The SMILES string of the molecule is COC(=O)C(C)Oc1ccccc1C(=O)c1ccc(Cl)cc1. The molecule has 1 unspecified atom stereocenters. The first-order chi connectivity index (χ1) is 10.5. The van der Waals surface area contributed by atoms with Crippen molar-refractivity contribution in [2.45, 2.75) is 13.0 Å². The van der Waals surface area contributed by atoms with E-state index in [9.17, 15) is 9.59 Å². The van der Waals surface area contributed by atoms with E-state index in [1.807, 2.05) is 0 Å². The van der Waals surface area contributed by atoms with E-state index >= 15 is 0 Å². The van der Waals surface area contributed by atoms with Crippen molar-refractivity contribution in [2.75, 3.05) is 7.11 Å². The van der Waals surface area contributed by atoms with Crippen LogP contribution < -0.4 is 4.74 Å². The van der Waals surface area contributed by atoms with Crippen LogP contribution in [-0.2, 0) is 9.53 Å². The number of esters is 1. The first-order valence-electron chi connectivity index (χ1n) is 6.66. The van der Waals surface area contributed by atoms with E-state index in [1.54, 1.807) is 55.5 Å². The zero-order valence-corrected chi connectivity index (χ0v) is 13.0. The van der Waals surface area contributed by atoms with Gasteiger partial charge in [-0.15, -0.1) is 0 Å². The molecule has 0 aliphatic heterocycles. The quantitative estimate of drug-likeness (QED) is 0.625. The number of benzene rings is 2. The van der Waals surface area contributed by atoms with Gasteiger partial charge in [-0.2, -0.15) is 0 Å².